The van der Waals surface area contributed by atoms with Gasteiger partial charge in [0.15, 0.2) is 5.78 Å². The molecule has 0 unspecified atom stereocenters. The Morgan fingerprint density at radius 3 is 2.32 bits per heavy atom. The first kappa shape index (κ1) is 13.3. The molecule has 0 spiro atoms. The summed E-state index contributed by atoms with van der Waals surface area (Å²) in [5.41, 5.74) is 3.97. The van der Waals surface area contributed by atoms with Gasteiger partial charge in [0.05, 0.1) is 7.11 Å². The SMILES string of the molecule is COc1ccc(C(=O)Cc2ccc(C)cc2)c(C)c1. The van der Waals surface area contributed by atoms with Gasteiger partial charge in [-0.05, 0) is 43.2 Å². The summed E-state index contributed by atoms with van der Waals surface area (Å²) in [6.07, 6.45) is 0.438. The van der Waals surface area contributed by atoms with Crippen LogP contribution >= 0.6 is 0 Å². The zero-order valence-electron chi connectivity index (χ0n) is 11.6. The molecule has 0 N–H and O–H groups in total. The van der Waals surface area contributed by atoms with Gasteiger partial charge in [-0.15, -0.1) is 0 Å². The lowest BCUT2D eigenvalue weighted by Crippen LogP contribution is -2.05. The first-order valence-corrected chi connectivity index (χ1v) is 6.33. The summed E-state index contributed by atoms with van der Waals surface area (Å²) in [4.78, 5) is 12.3. The Bertz CT molecular complexity index is 583. The van der Waals surface area contributed by atoms with Crippen LogP contribution in [0.25, 0.3) is 0 Å². The topological polar surface area (TPSA) is 26.3 Å². The van der Waals surface area contributed by atoms with E-state index in [0.717, 1.165) is 22.4 Å². The molecule has 2 nitrogen and oxygen atoms in total. The second-order valence-electron chi connectivity index (χ2n) is 4.77. The average molecular weight is 254 g/mol. The van der Waals surface area contributed by atoms with Crippen molar-refractivity contribution in [2.24, 2.45) is 0 Å². The molecular weight excluding hydrogens is 236 g/mol. The second-order valence-corrected chi connectivity index (χ2v) is 4.77. The molecule has 0 aliphatic rings. The molecule has 2 rings (SSSR count). The quantitative estimate of drug-likeness (QED) is 0.777. The first-order valence-electron chi connectivity index (χ1n) is 6.33. The first-order chi connectivity index (χ1) is 9.10. The van der Waals surface area contributed by atoms with Crippen LogP contribution < -0.4 is 4.74 Å². The number of methoxy groups -OCH3 is 1. The Morgan fingerprint density at radius 2 is 1.74 bits per heavy atom. The van der Waals surface area contributed by atoms with Crippen LogP contribution in [0.15, 0.2) is 42.5 Å². The van der Waals surface area contributed by atoms with Crippen LogP contribution in [0.2, 0.25) is 0 Å². The van der Waals surface area contributed by atoms with Crippen molar-refractivity contribution in [2.75, 3.05) is 7.11 Å². The van der Waals surface area contributed by atoms with Gasteiger partial charge in [-0.25, -0.2) is 0 Å². The van der Waals surface area contributed by atoms with Crippen molar-refractivity contribution in [1.82, 2.24) is 0 Å². The molecule has 0 atom stereocenters. The summed E-state index contributed by atoms with van der Waals surface area (Å²) >= 11 is 0. The predicted octanol–water partition coefficient (Wildman–Crippen LogP) is 3.74. The third-order valence-corrected chi connectivity index (χ3v) is 3.22. The van der Waals surface area contributed by atoms with E-state index in [2.05, 4.69) is 0 Å². The maximum Gasteiger partial charge on any atom is 0.167 e. The third-order valence-electron chi connectivity index (χ3n) is 3.22. The maximum atomic E-state index is 12.3. The Balaban J connectivity index is 2.18. The number of Topliss-reactive ketones (excluding diaryl/α,β-unsaturated/α-hetero) is 1. The van der Waals surface area contributed by atoms with Crippen molar-refractivity contribution in [3.63, 3.8) is 0 Å². The van der Waals surface area contributed by atoms with Crippen LogP contribution in [0.4, 0.5) is 0 Å². The van der Waals surface area contributed by atoms with Gasteiger partial charge >= 0.3 is 0 Å². The number of ether oxygens (including phenoxy) is 1. The lowest BCUT2D eigenvalue weighted by molar-refractivity contribution is 0.0992. The minimum atomic E-state index is 0.143. The number of rotatable bonds is 4. The van der Waals surface area contributed by atoms with E-state index in [1.807, 2.05) is 56.3 Å². The molecule has 0 fully saturated rings. The zero-order valence-corrected chi connectivity index (χ0v) is 11.6. The number of aryl methyl sites for hydroxylation is 2. The van der Waals surface area contributed by atoms with E-state index in [1.54, 1.807) is 7.11 Å². The standard InChI is InChI=1S/C17H18O2/c1-12-4-6-14(7-5-12)11-17(18)16-9-8-15(19-3)10-13(16)2/h4-10H,11H2,1-3H3. The number of hydrogen-bond donors (Lipinski definition) is 0. The second kappa shape index (κ2) is 5.70. The van der Waals surface area contributed by atoms with E-state index in [1.165, 1.54) is 5.56 Å². The highest BCUT2D eigenvalue weighted by atomic mass is 16.5. The molecule has 0 aliphatic heterocycles. The van der Waals surface area contributed by atoms with Crippen molar-refractivity contribution in [2.45, 2.75) is 20.3 Å². The van der Waals surface area contributed by atoms with E-state index in [9.17, 15) is 4.79 Å². The van der Waals surface area contributed by atoms with Gasteiger partial charge in [-0.3, -0.25) is 4.79 Å². The highest BCUT2D eigenvalue weighted by Crippen LogP contribution is 2.18. The molecule has 0 radical (unpaired) electrons. The molecule has 19 heavy (non-hydrogen) atoms. The van der Waals surface area contributed by atoms with Crippen LogP contribution in [0.3, 0.4) is 0 Å². The molecule has 2 aromatic rings. The molecule has 0 heterocycles. The Kier molecular flexibility index (Phi) is 4.00. The van der Waals surface area contributed by atoms with Crippen molar-refractivity contribution >= 4 is 5.78 Å². The molecule has 0 saturated carbocycles. The number of carbonyl (C=O) groups is 1. The van der Waals surface area contributed by atoms with E-state index < -0.39 is 0 Å². The van der Waals surface area contributed by atoms with Crippen LogP contribution in [-0.2, 0) is 6.42 Å². The molecule has 0 saturated heterocycles. The monoisotopic (exact) mass is 254 g/mol. The molecule has 0 aliphatic carbocycles. The van der Waals surface area contributed by atoms with Crippen LogP contribution in [-0.4, -0.2) is 12.9 Å². The van der Waals surface area contributed by atoms with Gasteiger partial charge < -0.3 is 4.74 Å². The van der Waals surface area contributed by atoms with Crippen molar-refractivity contribution in [1.29, 1.82) is 0 Å². The van der Waals surface area contributed by atoms with Gasteiger partial charge in [0.1, 0.15) is 5.75 Å². The Labute approximate surface area is 114 Å². The molecular formula is C17H18O2. The predicted molar refractivity (Wildman–Crippen MR) is 76.9 cm³/mol. The van der Waals surface area contributed by atoms with Gasteiger partial charge in [-0.1, -0.05) is 29.8 Å². The maximum absolute atomic E-state index is 12.3. The van der Waals surface area contributed by atoms with Gasteiger partial charge in [0.2, 0.25) is 0 Å². The minimum absolute atomic E-state index is 0.143. The summed E-state index contributed by atoms with van der Waals surface area (Å²) in [5, 5.41) is 0. The van der Waals surface area contributed by atoms with E-state index in [4.69, 9.17) is 4.74 Å². The summed E-state index contributed by atoms with van der Waals surface area (Å²) in [6.45, 7) is 3.98. The summed E-state index contributed by atoms with van der Waals surface area (Å²) < 4.78 is 5.15. The largest absolute Gasteiger partial charge is 0.497 e. The van der Waals surface area contributed by atoms with Crippen LogP contribution in [0.5, 0.6) is 5.75 Å². The zero-order chi connectivity index (χ0) is 13.8. The smallest absolute Gasteiger partial charge is 0.167 e. The normalized spacial score (nSPS) is 10.3. The summed E-state index contributed by atoms with van der Waals surface area (Å²) in [6, 6.07) is 13.6. The lowest BCUT2D eigenvalue weighted by Gasteiger charge is -2.07. The molecule has 2 heteroatoms. The van der Waals surface area contributed by atoms with E-state index >= 15 is 0 Å². The van der Waals surface area contributed by atoms with Crippen molar-refractivity contribution in [3.8, 4) is 5.75 Å². The van der Waals surface area contributed by atoms with Gasteiger partial charge in [0, 0.05) is 12.0 Å². The fourth-order valence-electron chi connectivity index (χ4n) is 2.06. The molecule has 2 aromatic carbocycles. The van der Waals surface area contributed by atoms with E-state index in [0.29, 0.717) is 6.42 Å². The van der Waals surface area contributed by atoms with E-state index in [-0.39, 0.29) is 5.78 Å². The van der Waals surface area contributed by atoms with Gasteiger partial charge in [-0.2, -0.15) is 0 Å². The van der Waals surface area contributed by atoms with Crippen LogP contribution in [0, 0.1) is 13.8 Å². The van der Waals surface area contributed by atoms with Crippen molar-refractivity contribution in [3.05, 3.63) is 64.7 Å². The molecule has 0 bridgehead atoms. The number of carbonyl (C=O) groups excluding carboxylic acids is 1. The third kappa shape index (κ3) is 3.22. The Morgan fingerprint density at radius 1 is 1.05 bits per heavy atom. The fourth-order valence-corrected chi connectivity index (χ4v) is 2.06. The highest BCUT2D eigenvalue weighted by molar-refractivity contribution is 5.98. The Hall–Kier alpha value is -2.09. The fraction of sp³-hybridized carbons (Fsp3) is 0.235. The van der Waals surface area contributed by atoms with Crippen molar-refractivity contribution < 1.29 is 9.53 Å². The highest BCUT2D eigenvalue weighted by Gasteiger charge is 2.10. The number of ketones is 1. The molecule has 0 amide bonds. The molecule has 98 valence electrons. The summed E-state index contributed by atoms with van der Waals surface area (Å²) in [5.74, 6) is 0.924. The lowest BCUT2D eigenvalue weighted by atomic mass is 9.98. The number of hydrogen-bond acceptors (Lipinski definition) is 2. The van der Waals surface area contributed by atoms with Gasteiger partial charge in [0.25, 0.3) is 0 Å². The molecule has 0 aromatic heterocycles. The number of benzene rings is 2. The minimum Gasteiger partial charge on any atom is -0.497 e. The average Bonchev–Trinajstić information content (AvgIpc) is 2.41. The summed E-state index contributed by atoms with van der Waals surface area (Å²) in [7, 11) is 1.63. The van der Waals surface area contributed by atoms with Crippen LogP contribution in [0.1, 0.15) is 27.0 Å².